The number of aromatic nitrogens is 5. The molecule has 0 aromatic carbocycles. The maximum Gasteiger partial charge on any atom is 0.322 e. The molecule has 0 aliphatic rings. The van der Waals surface area contributed by atoms with Gasteiger partial charge >= 0.3 is 6.01 Å². The summed E-state index contributed by atoms with van der Waals surface area (Å²) in [4.78, 5) is 12.2. The van der Waals surface area contributed by atoms with E-state index in [1.165, 1.54) is 0 Å². The molecule has 0 fully saturated rings. The monoisotopic (exact) mass is 267 g/mol. The molecule has 0 amide bonds. The summed E-state index contributed by atoms with van der Waals surface area (Å²) in [6.07, 6.45) is 0.874. The van der Waals surface area contributed by atoms with Crippen LogP contribution in [0.25, 0.3) is 5.95 Å². The molecule has 18 heavy (non-hydrogen) atoms. The molecule has 0 unspecified atom stereocenters. The number of hydrogen-bond donors (Lipinski definition) is 0. The van der Waals surface area contributed by atoms with Crippen LogP contribution in [0.15, 0.2) is 6.07 Å². The molecule has 0 saturated carbocycles. The van der Waals surface area contributed by atoms with Crippen LogP contribution in [0, 0.1) is 13.8 Å². The number of halogens is 1. The quantitative estimate of drug-likeness (QED) is 0.849. The third-order valence-electron chi connectivity index (χ3n) is 2.21. The van der Waals surface area contributed by atoms with Gasteiger partial charge in [-0.1, -0.05) is 6.92 Å². The molecule has 2 aromatic heterocycles. The molecule has 96 valence electrons. The molecule has 2 rings (SSSR count). The normalized spacial score (nSPS) is 10.7. The van der Waals surface area contributed by atoms with Gasteiger partial charge in [0.15, 0.2) is 0 Å². The van der Waals surface area contributed by atoms with Crippen molar-refractivity contribution in [3.8, 4) is 12.0 Å². The molecule has 0 bridgehead atoms. The first-order valence-corrected chi connectivity index (χ1v) is 6.06. The fourth-order valence-corrected chi connectivity index (χ4v) is 1.65. The summed E-state index contributed by atoms with van der Waals surface area (Å²) in [5.41, 5.74) is 1.82. The predicted octanol–water partition coefficient (Wildman–Crippen LogP) is 2.12. The van der Waals surface area contributed by atoms with E-state index in [0.29, 0.717) is 12.6 Å². The van der Waals surface area contributed by atoms with E-state index >= 15 is 0 Å². The van der Waals surface area contributed by atoms with Crippen LogP contribution < -0.4 is 4.74 Å². The Hall–Kier alpha value is -1.69. The highest BCUT2D eigenvalue weighted by Crippen LogP contribution is 2.13. The van der Waals surface area contributed by atoms with Gasteiger partial charge in [0.2, 0.25) is 5.28 Å². The van der Waals surface area contributed by atoms with Gasteiger partial charge in [0.05, 0.1) is 12.3 Å². The molecule has 6 nitrogen and oxygen atoms in total. The van der Waals surface area contributed by atoms with E-state index in [1.54, 1.807) is 4.68 Å². The molecular formula is C11H14ClN5O. The smallest absolute Gasteiger partial charge is 0.322 e. The largest absolute Gasteiger partial charge is 0.463 e. The summed E-state index contributed by atoms with van der Waals surface area (Å²) in [5.74, 6) is 0.367. The van der Waals surface area contributed by atoms with E-state index in [4.69, 9.17) is 16.3 Å². The fraction of sp³-hybridized carbons (Fsp3) is 0.455. The van der Waals surface area contributed by atoms with Gasteiger partial charge in [-0.2, -0.15) is 20.1 Å². The van der Waals surface area contributed by atoms with Crippen LogP contribution in [0.5, 0.6) is 6.01 Å². The van der Waals surface area contributed by atoms with Gasteiger partial charge in [0.1, 0.15) is 0 Å². The summed E-state index contributed by atoms with van der Waals surface area (Å²) < 4.78 is 6.97. The molecule has 0 saturated heterocycles. The first-order valence-electron chi connectivity index (χ1n) is 5.68. The van der Waals surface area contributed by atoms with Crippen molar-refractivity contribution in [2.24, 2.45) is 0 Å². The molecule has 0 radical (unpaired) electrons. The third kappa shape index (κ3) is 2.76. The molecular weight excluding hydrogens is 254 g/mol. The molecule has 0 aliphatic heterocycles. The number of aryl methyl sites for hydroxylation is 2. The van der Waals surface area contributed by atoms with Gasteiger partial charge in [0.25, 0.3) is 5.95 Å². The Labute approximate surface area is 110 Å². The van der Waals surface area contributed by atoms with Gasteiger partial charge in [-0.15, -0.1) is 0 Å². The average molecular weight is 268 g/mol. The van der Waals surface area contributed by atoms with E-state index in [9.17, 15) is 0 Å². The Bertz CT molecular complexity index is 554. The highest BCUT2D eigenvalue weighted by molar-refractivity contribution is 6.28. The van der Waals surface area contributed by atoms with Crippen molar-refractivity contribution in [2.45, 2.75) is 27.2 Å². The Morgan fingerprint density at radius 2 is 2.06 bits per heavy atom. The minimum Gasteiger partial charge on any atom is -0.463 e. The molecule has 0 aliphatic carbocycles. The van der Waals surface area contributed by atoms with Crippen molar-refractivity contribution < 1.29 is 4.74 Å². The van der Waals surface area contributed by atoms with Gasteiger partial charge in [0, 0.05) is 5.69 Å². The van der Waals surface area contributed by atoms with Crippen LogP contribution in [0.1, 0.15) is 24.7 Å². The minimum absolute atomic E-state index is 0.0960. The lowest BCUT2D eigenvalue weighted by molar-refractivity contribution is 0.290. The topological polar surface area (TPSA) is 65.7 Å². The molecule has 7 heteroatoms. The molecule has 0 atom stereocenters. The number of ether oxygens (including phenoxy) is 1. The summed E-state index contributed by atoms with van der Waals surface area (Å²) in [6.45, 7) is 6.37. The lowest BCUT2D eigenvalue weighted by atomic mass is 10.4. The van der Waals surface area contributed by atoms with Gasteiger partial charge in [-0.25, -0.2) is 4.68 Å². The Morgan fingerprint density at radius 1 is 1.28 bits per heavy atom. The van der Waals surface area contributed by atoms with E-state index in [-0.39, 0.29) is 11.3 Å². The van der Waals surface area contributed by atoms with Gasteiger partial charge in [-0.05, 0) is 37.9 Å². The highest BCUT2D eigenvalue weighted by Gasteiger charge is 2.11. The SMILES string of the molecule is CCCOc1nc(Cl)nc(-n2nc(C)cc2C)n1. The van der Waals surface area contributed by atoms with E-state index in [1.807, 2.05) is 26.8 Å². The van der Waals surface area contributed by atoms with Crippen molar-refractivity contribution in [1.82, 2.24) is 24.7 Å². The molecule has 0 N–H and O–H groups in total. The summed E-state index contributed by atoms with van der Waals surface area (Å²) >= 11 is 5.85. The van der Waals surface area contributed by atoms with Gasteiger partial charge in [-0.3, -0.25) is 0 Å². The Kier molecular flexibility index (Phi) is 3.76. The van der Waals surface area contributed by atoms with Crippen molar-refractivity contribution in [3.63, 3.8) is 0 Å². The second-order valence-corrected chi connectivity index (χ2v) is 4.21. The Balaban J connectivity index is 2.38. The van der Waals surface area contributed by atoms with E-state index in [2.05, 4.69) is 20.1 Å². The van der Waals surface area contributed by atoms with Crippen LogP contribution in [0.4, 0.5) is 0 Å². The Morgan fingerprint density at radius 3 is 2.67 bits per heavy atom. The standard InChI is InChI=1S/C11H14ClN5O/c1-4-5-18-11-14-9(12)13-10(15-11)17-8(3)6-7(2)16-17/h6H,4-5H2,1-3H3. The predicted molar refractivity (Wildman–Crippen MR) is 67.2 cm³/mol. The van der Waals surface area contributed by atoms with E-state index < -0.39 is 0 Å². The summed E-state index contributed by atoms with van der Waals surface area (Å²) in [6, 6.07) is 2.16. The third-order valence-corrected chi connectivity index (χ3v) is 2.38. The fourth-order valence-electron chi connectivity index (χ4n) is 1.51. The lowest BCUT2D eigenvalue weighted by Crippen LogP contribution is -2.09. The highest BCUT2D eigenvalue weighted by atomic mass is 35.5. The van der Waals surface area contributed by atoms with Crippen LogP contribution in [0.2, 0.25) is 5.28 Å². The molecule has 2 aromatic rings. The first-order chi connectivity index (χ1) is 8.60. The average Bonchev–Trinajstić information content (AvgIpc) is 2.65. The van der Waals surface area contributed by atoms with Crippen LogP contribution >= 0.6 is 11.6 Å². The van der Waals surface area contributed by atoms with Crippen molar-refractivity contribution >= 4 is 11.6 Å². The molecule has 2 heterocycles. The summed E-state index contributed by atoms with van der Waals surface area (Å²) in [7, 11) is 0. The minimum atomic E-state index is 0.0960. The second-order valence-electron chi connectivity index (χ2n) is 3.87. The van der Waals surface area contributed by atoms with Crippen LogP contribution in [-0.4, -0.2) is 31.3 Å². The summed E-state index contributed by atoms with van der Waals surface area (Å²) in [5, 5.41) is 4.39. The maximum atomic E-state index is 5.85. The number of rotatable bonds is 4. The van der Waals surface area contributed by atoms with Crippen LogP contribution in [-0.2, 0) is 0 Å². The molecule has 0 spiro atoms. The van der Waals surface area contributed by atoms with Crippen molar-refractivity contribution in [1.29, 1.82) is 0 Å². The van der Waals surface area contributed by atoms with E-state index in [0.717, 1.165) is 17.8 Å². The van der Waals surface area contributed by atoms with Crippen molar-refractivity contribution in [3.05, 3.63) is 22.7 Å². The van der Waals surface area contributed by atoms with Crippen molar-refractivity contribution in [2.75, 3.05) is 6.61 Å². The van der Waals surface area contributed by atoms with Gasteiger partial charge < -0.3 is 4.74 Å². The lowest BCUT2D eigenvalue weighted by Gasteiger charge is -2.06. The number of nitrogens with zero attached hydrogens (tertiary/aromatic N) is 5. The first kappa shape index (κ1) is 12.8. The maximum absolute atomic E-state index is 5.85. The zero-order chi connectivity index (χ0) is 13.1. The second kappa shape index (κ2) is 5.30. The zero-order valence-corrected chi connectivity index (χ0v) is 11.3. The zero-order valence-electron chi connectivity index (χ0n) is 10.5. The number of hydrogen-bond acceptors (Lipinski definition) is 5. The van der Waals surface area contributed by atoms with Crippen LogP contribution in [0.3, 0.4) is 0 Å².